The Labute approximate surface area is 154 Å². The number of carbonyl (C=O) groups excluding carboxylic acids is 2. The summed E-state index contributed by atoms with van der Waals surface area (Å²) in [6, 6.07) is 16.0. The van der Waals surface area contributed by atoms with Crippen molar-refractivity contribution in [3.63, 3.8) is 0 Å². The summed E-state index contributed by atoms with van der Waals surface area (Å²) in [5, 5.41) is 1.10. The smallest absolute Gasteiger partial charge is 0.285 e. The Morgan fingerprint density at radius 1 is 1.20 bits per heavy atom. The van der Waals surface area contributed by atoms with E-state index >= 15 is 0 Å². The summed E-state index contributed by atoms with van der Waals surface area (Å²) in [6.45, 7) is 0. The Bertz CT molecular complexity index is 866. The lowest BCUT2D eigenvalue weighted by atomic mass is 10.2. The van der Waals surface area contributed by atoms with Crippen molar-refractivity contribution in [2.45, 2.75) is 0 Å². The largest absolute Gasteiger partial charge is 0.497 e. The van der Waals surface area contributed by atoms with E-state index in [4.69, 9.17) is 17.0 Å². The fraction of sp³-hybridized carbons (Fsp3) is 0.0556. The van der Waals surface area contributed by atoms with Crippen LogP contribution in [0, 0.1) is 0 Å². The summed E-state index contributed by atoms with van der Waals surface area (Å²) >= 11 is 6.36. The molecule has 25 heavy (non-hydrogen) atoms. The maximum atomic E-state index is 12.5. The second-order valence-electron chi connectivity index (χ2n) is 5.10. The summed E-state index contributed by atoms with van der Waals surface area (Å²) in [4.78, 5) is 25.2. The molecule has 1 aliphatic heterocycles. The van der Waals surface area contributed by atoms with E-state index in [2.05, 4.69) is 5.43 Å². The second kappa shape index (κ2) is 7.50. The van der Waals surface area contributed by atoms with Crippen molar-refractivity contribution < 1.29 is 14.3 Å². The highest BCUT2D eigenvalue weighted by Crippen LogP contribution is 2.31. The van der Waals surface area contributed by atoms with Gasteiger partial charge in [-0.1, -0.05) is 42.1 Å². The number of hydrogen-bond acceptors (Lipinski definition) is 5. The van der Waals surface area contributed by atoms with E-state index in [0.29, 0.717) is 16.2 Å². The van der Waals surface area contributed by atoms with Crippen molar-refractivity contribution in [1.82, 2.24) is 10.4 Å². The van der Waals surface area contributed by atoms with Gasteiger partial charge in [-0.3, -0.25) is 15.0 Å². The average Bonchev–Trinajstić information content (AvgIpc) is 2.90. The van der Waals surface area contributed by atoms with E-state index in [1.165, 1.54) is 0 Å². The lowest BCUT2D eigenvalue weighted by Crippen LogP contribution is -2.44. The average molecular weight is 370 g/mol. The minimum atomic E-state index is -0.389. The van der Waals surface area contributed by atoms with Crippen LogP contribution in [0.4, 0.5) is 0 Å². The first-order chi connectivity index (χ1) is 12.1. The molecule has 0 aliphatic carbocycles. The normalized spacial score (nSPS) is 15.6. The number of carbonyl (C=O) groups is 2. The number of nitrogens with one attached hydrogen (secondary N) is 1. The van der Waals surface area contributed by atoms with Crippen LogP contribution in [0.15, 0.2) is 59.5 Å². The number of thiocarbonyl (C=S) groups is 1. The summed E-state index contributed by atoms with van der Waals surface area (Å²) in [7, 11) is 1.58. The molecule has 0 spiro atoms. The third-order valence-electron chi connectivity index (χ3n) is 3.43. The van der Waals surface area contributed by atoms with Gasteiger partial charge in [-0.2, -0.15) is 5.01 Å². The molecule has 1 aliphatic rings. The molecule has 0 saturated carbocycles. The number of methoxy groups -OCH3 is 1. The van der Waals surface area contributed by atoms with Crippen molar-refractivity contribution in [1.29, 1.82) is 0 Å². The highest BCUT2D eigenvalue weighted by atomic mass is 32.2. The number of rotatable bonds is 4. The minimum Gasteiger partial charge on any atom is -0.497 e. The first-order valence-electron chi connectivity index (χ1n) is 7.36. The summed E-state index contributed by atoms with van der Waals surface area (Å²) in [5.74, 6) is -0.0526. The van der Waals surface area contributed by atoms with Gasteiger partial charge in [0.1, 0.15) is 5.75 Å². The van der Waals surface area contributed by atoms with Crippen LogP contribution in [0.5, 0.6) is 5.75 Å². The molecule has 3 rings (SSSR count). The van der Waals surface area contributed by atoms with Crippen LogP contribution in [0.25, 0.3) is 6.08 Å². The van der Waals surface area contributed by atoms with E-state index in [-0.39, 0.29) is 16.1 Å². The van der Waals surface area contributed by atoms with Crippen LogP contribution in [0.1, 0.15) is 15.9 Å². The molecule has 2 aromatic carbocycles. The molecule has 0 radical (unpaired) electrons. The first kappa shape index (κ1) is 17.2. The van der Waals surface area contributed by atoms with E-state index in [9.17, 15) is 9.59 Å². The van der Waals surface area contributed by atoms with Gasteiger partial charge in [-0.25, -0.2) is 0 Å². The van der Waals surface area contributed by atoms with Gasteiger partial charge in [0, 0.05) is 5.56 Å². The fourth-order valence-corrected chi connectivity index (χ4v) is 3.38. The molecule has 1 heterocycles. The quantitative estimate of drug-likeness (QED) is 0.661. The van der Waals surface area contributed by atoms with Gasteiger partial charge in [0.25, 0.3) is 11.8 Å². The molecule has 126 valence electrons. The predicted octanol–water partition coefficient (Wildman–Crippen LogP) is 3.24. The second-order valence-corrected chi connectivity index (χ2v) is 6.78. The molecule has 0 unspecified atom stereocenters. The van der Waals surface area contributed by atoms with Gasteiger partial charge in [0.2, 0.25) is 0 Å². The molecular formula is C18H14N2O3S2. The highest BCUT2D eigenvalue weighted by molar-refractivity contribution is 8.26. The van der Waals surface area contributed by atoms with Crippen molar-refractivity contribution in [2.75, 3.05) is 7.11 Å². The molecule has 0 bridgehead atoms. The zero-order chi connectivity index (χ0) is 17.8. The molecule has 1 saturated heterocycles. The van der Waals surface area contributed by atoms with Gasteiger partial charge in [0.05, 0.1) is 12.0 Å². The fourth-order valence-electron chi connectivity index (χ4n) is 2.20. The molecule has 7 heteroatoms. The summed E-state index contributed by atoms with van der Waals surface area (Å²) in [5.41, 5.74) is 3.82. The van der Waals surface area contributed by atoms with Crippen molar-refractivity contribution in [3.8, 4) is 5.75 Å². The van der Waals surface area contributed by atoms with Crippen LogP contribution >= 0.6 is 24.0 Å². The Morgan fingerprint density at radius 3 is 2.68 bits per heavy atom. The van der Waals surface area contributed by atoms with Crippen molar-refractivity contribution >= 4 is 46.2 Å². The summed E-state index contributed by atoms with van der Waals surface area (Å²) in [6.07, 6.45) is 1.72. The van der Waals surface area contributed by atoms with Gasteiger partial charge in [-0.15, -0.1) is 0 Å². The molecule has 2 aromatic rings. The molecular weight excluding hydrogens is 356 g/mol. The van der Waals surface area contributed by atoms with Crippen LogP contribution in [-0.4, -0.2) is 28.3 Å². The lowest BCUT2D eigenvalue weighted by molar-refractivity contribution is -0.123. The molecule has 0 atom stereocenters. The lowest BCUT2D eigenvalue weighted by Gasteiger charge is -2.15. The first-order valence-corrected chi connectivity index (χ1v) is 8.59. The van der Waals surface area contributed by atoms with Crippen molar-refractivity contribution in [3.05, 3.63) is 70.6 Å². The number of nitrogens with zero attached hydrogens (tertiary/aromatic N) is 1. The Hall–Kier alpha value is -2.64. The topological polar surface area (TPSA) is 58.6 Å². The predicted molar refractivity (Wildman–Crippen MR) is 102 cm³/mol. The van der Waals surface area contributed by atoms with Crippen molar-refractivity contribution in [2.24, 2.45) is 0 Å². The van der Waals surface area contributed by atoms with E-state index in [0.717, 1.165) is 22.3 Å². The van der Waals surface area contributed by atoms with Crippen LogP contribution in [0.3, 0.4) is 0 Å². The third kappa shape index (κ3) is 3.89. The van der Waals surface area contributed by atoms with Gasteiger partial charge >= 0.3 is 0 Å². The molecule has 2 amide bonds. The Kier molecular flexibility index (Phi) is 5.16. The zero-order valence-corrected chi connectivity index (χ0v) is 14.9. The number of ether oxygens (including phenoxy) is 1. The number of hydrazine groups is 1. The van der Waals surface area contributed by atoms with Gasteiger partial charge in [0.15, 0.2) is 4.32 Å². The number of amides is 2. The molecule has 1 N–H and O–H groups in total. The number of benzene rings is 2. The van der Waals surface area contributed by atoms with E-state index < -0.39 is 0 Å². The Morgan fingerprint density at radius 2 is 1.96 bits per heavy atom. The maximum absolute atomic E-state index is 12.5. The van der Waals surface area contributed by atoms with Crippen LogP contribution in [0.2, 0.25) is 0 Å². The third-order valence-corrected chi connectivity index (χ3v) is 4.74. The molecule has 5 nitrogen and oxygen atoms in total. The van der Waals surface area contributed by atoms with E-state index in [1.54, 1.807) is 37.5 Å². The molecule has 1 fully saturated rings. The van der Waals surface area contributed by atoms with Gasteiger partial charge in [-0.05, 0) is 48.1 Å². The summed E-state index contributed by atoms with van der Waals surface area (Å²) < 4.78 is 5.46. The van der Waals surface area contributed by atoms with Crippen LogP contribution < -0.4 is 10.2 Å². The minimum absolute atomic E-state index is 0.281. The standard InChI is InChI=1S/C18H14N2O3S2/c1-23-14-9-5-6-12(10-14)11-15-17(22)20(18(24)25-15)19-16(21)13-7-3-2-4-8-13/h2-11H,1H3,(H,19,21)/b15-11+. The number of thioether (sulfide) groups is 1. The van der Waals surface area contributed by atoms with Gasteiger partial charge < -0.3 is 4.74 Å². The molecule has 0 aromatic heterocycles. The SMILES string of the molecule is COc1cccc(/C=C2/SC(=S)N(NC(=O)c3ccccc3)C2=O)c1. The monoisotopic (exact) mass is 370 g/mol. The van der Waals surface area contributed by atoms with Crippen LogP contribution in [-0.2, 0) is 4.79 Å². The Balaban J connectivity index is 1.78. The highest BCUT2D eigenvalue weighted by Gasteiger charge is 2.33. The maximum Gasteiger partial charge on any atom is 0.285 e. The zero-order valence-electron chi connectivity index (χ0n) is 13.3. The van der Waals surface area contributed by atoms with E-state index in [1.807, 2.05) is 30.3 Å². The number of hydrogen-bond donors (Lipinski definition) is 1.